The summed E-state index contributed by atoms with van der Waals surface area (Å²) in [5, 5.41) is 2.33. The summed E-state index contributed by atoms with van der Waals surface area (Å²) >= 11 is 0. The summed E-state index contributed by atoms with van der Waals surface area (Å²) in [5.41, 5.74) is 19.6. The van der Waals surface area contributed by atoms with E-state index in [0.717, 1.165) is 79.5 Å². The van der Waals surface area contributed by atoms with Gasteiger partial charge in [0.25, 0.3) is 0 Å². The van der Waals surface area contributed by atoms with Gasteiger partial charge < -0.3 is 14.7 Å². The van der Waals surface area contributed by atoms with E-state index in [0.29, 0.717) is 0 Å². The molecule has 0 atom stereocenters. The van der Waals surface area contributed by atoms with Gasteiger partial charge in [-0.25, -0.2) is 0 Å². The lowest BCUT2D eigenvalue weighted by Crippen LogP contribution is -2.10. The van der Waals surface area contributed by atoms with Crippen LogP contribution in [0.4, 0.5) is 51.2 Å². The molecule has 0 aliphatic rings. The van der Waals surface area contributed by atoms with E-state index in [1.54, 1.807) is 0 Å². The number of hydrogen-bond donors (Lipinski definition) is 0. The second-order valence-electron chi connectivity index (χ2n) is 19.0. The van der Waals surface area contributed by atoms with E-state index < -0.39 is 0 Å². The average Bonchev–Trinajstić information content (AvgIpc) is 3.50. The number of benzene rings is 12. The maximum Gasteiger partial charge on any atom is 0.0468 e. The third-order valence-electron chi connectivity index (χ3n) is 14.1. The molecular formula is C73H55N3. The average molecular weight is 974 g/mol. The second-order valence-corrected chi connectivity index (χ2v) is 19.0. The number of para-hydroxylation sites is 4. The number of allylic oxidation sites excluding steroid dienone is 1. The Hall–Kier alpha value is -9.96. The molecule has 0 fully saturated rings. The van der Waals surface area contributed by atoms with Crippen LogP contribution in [0.5, 0.6) is 0 Å². The lowest BCUT2D eigenvalue weighted by Gasteiger charge is -2.27. The minimum atomic E-state index is 0.871. The van der Waals surface area contributed by atoms with Crippen LogP contribution in [-0.4, -0.2) is 0 Å². The van der Waals surface area contributed by atoms with Crippen molar-refractivity contribution in [2.45, 2.75) is 6.42 Å². The Kier molecular flexibility index (Phi) is 13.6. The second kappa shape index (κ2) is 22.0. The zero-order valence-electron chi connectivity index (χ0n) is 42.1. The predicted octanol–water partition coefficient (Wildman–Crippen LogP) is 20.4. The predicted molar refractivity (Wildman–Crippen MR) is 323 cm³/mol. The molecule has 0 aliphatic heterocycles. The number of anilines is 9. The molecule has 12 aromatic rings. The third kappa shape index (κ3) is 10.5. The van der Waals surface area contributed by atoms with Gasteiger partial charge in [-0.1, -0.05) is 212 Å². The third-order valence-corrected chi connectivity index (χ3v) is 14.1. The fourth-order valence-electron chi connectivity index (χ4n) is 10.2. The molecule has 0 saturated carbocycles. The zero-order chi connectivity index (χ0) is 50.9. The van der Waals surface area contributed by atoms with E-state index in [9.17, 15) is 0 Å². The summed E-state index contributed by atoms with van der Waals surface area (Å²) in [6.45, 7) is 0. The molecular weight excluding hydrogens is 919 g/mol. The molecule has 76 heavy (non-hydrogen) atoms. The van der Waals surface area contributed by atoms with Crippen LogP contribution < -0.4 is 14.7 Å². The lowest BCUT2D eigenvalue weighted by atomic mass is 9.95. The maximum absolute atomic E-state index is 2.34. The first-order valence-electron chi connectivity index (χ1n) is 26.0. The fourth-order valence-corrected chi connectivity index (χ4v) is 10.2. The van der Waals surface area contributed by atoms with Crippen molar-refractivity contribution in [1.29, 1.82) is 0 Å². The van der Waals surface area contributed by atoms with E-state index in [4.69, 9.17) is 0 Å². The van der Waals surface area contributed by atoms with E-state index in [1.165, 1.54) is 33.4 Å². The summed E-state index contributed by atoms with van der Waals surface area (Å²) in [6.07, 6.45) is 3.19. The maximum atomic E-state index is 2.34. The van der Waals surface area contributed by atoms with Gasteiger partial charge in [-0.15, -0.1) is 0 Å². The van der Waals surface area contributed by atoms with Crippen LogP contribution in [0.3, 0.4) is 0 Å². The van der Waals surface area contributed by atoms with Gasteiger partial charge in [-0.05, 0) is 171 Å². The Morgan fingerprint density at radius 2 is 0.526 bits per heavy atom. The molecule has 0 N–H and O–H groups in total. The molecule has 0 aliphatic carbocycles. The monoisotopic (exact) mass is 973 g/mol. The molecule has 0 spiro atoms. The Labute approximate surface area is 446 Å². The van der Waals surface area contributed by atoms with Gasteiger partial charge in [0, 0.05) is 51.2 Å². The van der Waals surface area contributed by atoms with Crippen molar-refractivity contribution >= 4 is 73.6 Å². The van der Waals surface area contributed by atoms with E-state index in [2.05, 4.69) is 336 Å². The van der Waals surface area contributed by atoms with E-state index in [1.807, 2.05) is 0 Å². The summed E-state index contributed by atoms with van der Waals surface area (Å²) in [7, 11) is 0. The SMILES string of the molecule is C(=C(\Cc1ccccc1)c1ccccc1)/c1ccc(-c2ccc(N(c3ccccc3)c3ccc4cc(N(c5ccccc5)c5ccc(-c6ccc(N(c7ccccc7)c7ccccc7)cc6)cc5)ccc4c3)cc2)cc1. The van der Waals surface area contributed by atoms with Gasteiger partial charge in [-0.2, -0.15) is 0 Å². The molecule has 12 aromatic carbocycles. The van der Waals surface area contributed by atoms with Gasteiger partial charge in [0.15, 0.2) is 0 Å². The van der Waals surface area contributed by atoms with Crippen molar-refractivity contribution in [1.82, 2.24) is 0 Å². The van der Waals surface area contributed by atoms with Crippen molar-refractivity contribution in [3.8, 4) is 22.3 Å². The van der Waals surface area contributed by atoms with Crippen LogP contribution in [0, 0.1) is 0 Å². The van der Waals surface area contributed by atoms with Crippen LogP contribution in [0.2, 0.25) is 0 Å². The van der Waals surface area contributed by atoms with Gasteiger partial charge in [-0.3, -0.25) is 0 Å². The number of fused-ring (bicyclic) bond motifs is 1. The molecule has 362 valence electrons. The molecule has 0 radical (unpaired) electrons. The first-order valence-corrected chi connectivity index (χ1v) is 26.0. The quantitative estimate of drug-likeness (QED) is 0.0948. The largest absolute Gasteiger partial charge is 0.311 e. The molecule has 0 bridgehead atoms. The van der Waals surface area contributed by atoms with Crippen LogP contribution in [0.1, 0.15) is 16.7 Å². The Morgan fingerprint density at radius 3 is 0.882 bits per heavy atom. The Bertz CT molecular complexity index is 3790. The van der Waals surface area contributed by atoms with Crippen LogP contribution in [-0.2, 0) is 6.42 Å². The Morgan fingerprint density at radius 1 is 0.250 bits per heavy atom. The van der Waals surface area contributed by atoms with Crippen LogP contribution in [0.15, 0.2) is 315 Å². The van der Waals surface area contributed by atoms with Gasteiger partial charge in [0.05, 0.1) is 0 Å². The normalized spacial score (nSPS) is 11.3. The smallest absolute Gasteiger partial charge is 0.0468 e. The summed E-state index contributed by atoms with van der Waals surface area (Å²) in [4.78, 5) is 6.98. The van der Waals surface area contributed by atoms with Crippen molar-refractivity contribution in [2.75, 3.05) is 14.7 Å². The van der Waals surface area contributed by atoms with E-state index >= 15 is 0 Å². The highest BCUT2D eigenvalue weighted by molar-refractivity contribution is 5.94. The summed E-state index contributed by atoms with van der Waals surface area (Å²) in [6, 6.07) is 113. The molecule has 3 nitrogen and oxygen atoms in total. The first-order chi connectivity index (χ1) is 37.7. The fraction of sp³-hybridized carbons (Fsp3) is 0.0137. The molecule has 0 amide bonds. The molecule has 0 unspecified atom stereocenters. The minimum Gasteiger partial charge on any atom is -0.311 e. The Balaban J connectivity index is 0.803. The van der Waals surface area contributed by atoms with E-state index in [-0.39, 0.29) is 0 Å². The highest BCUT2D eigenvalue weighted by atomic mass is 15.2. The number of rotatable bonds is 15. The van der Waals surface area contributed by atoms with Crippen molar-refractivity contribution < 1.29 is 0 Å². The molecule has 12 rings (SSSR count). The number of nitrogens with zero attached hydrogens (tertiary/aromatic N) is 3. The summed E-state index contributed by atoms with van der Waals surface area (Å²) < 4.78 is 0. The lowest BCUT2D eigenvalue weighted by molar-refractivity contribution is 1.28. The van der Waals surface area contributed by atoms with Crippen LogP contribution >= 0.6 is 0 Å². The van der Waals surface area contributed by atoms with Crippen molar-refractivity contribution in [3.05, 3.63) is 332 Å². The van der Waals surface area contributed by atoms with Crippen molar-refractivity contribution in [3.63, 3.8) is 0 Å². The highest BCUT2D eigenvalue weighted by Crippen LogP contribution is 2.41. The van der Waals surface area contributed by atoms with Crippen LogP contribution in [0.25, 0.3) is 44.7 Å². The number of hydrogen-bond acceptors (Lipinski definition) is 3. The molecule has 0 heterocycles. The topological polar surface area (TPSA) is 9.72 Å². The molecule has 0 aromatic heterocycles. The van der Waals surface area contributed by atoms with Gasteiger partial charge in [0.1, 0.15) is 0 Å². The minimum absolute atomic E-state index is 0.871. The zero-order valence-corrected chi connectivity index (χ0v) is 42.1. The van der Waals surface area contributed by atoms with Gasteiger partial charge in [0.2, 0.25) is 0 Å². The van der Waals surface area contributed by atoms with Gasteiger partial charge >= 0.3 is 0 Å². The summed E-state index contributed by atoms with van der Waals surface area (Å²) in [5.74, 6) is 0. The standard InChI is InChI=1S/C73H55N3/c1-7-19-55(20-8-1)51-64(57-21-9-2-10-22-57)52-56-31-33-58(34-32-56)59-37-45-70(46-38-59)75(67-27-15-5-16-28-67)72-49-41-63-54-73(50-42-62(63)53-72)76(68-29-17-6-18-30-68)71-47-39-61(40-48-71)60-35-43-69(44-36-60)74(65-23-11-3-12-24-65)66-25-13-4-14-26-66/h1-50,52-54H,51H2/b64-52-. The first kappa shape index (κ1) is 47.1. The molecule has 3 heteroatoms. The van der Waals surface area contributed by atoms with Crippen molar-refractivity contribution in [2.24, 2.45) is 0 Å². The molecule has 0 saturated heterocycles. The highest BCUT2D eigenvalue weighted by Gasteiger charge is 2.18.